The zero-order valence-corrected chi connectivity index (χ0v) is 11.7. The van der Waals surface area contributed by atoms with E-state index in [9.17, 15) is 14.7 Å². The fourth-order valence-corrected chi connectivity index (χ4v) is 2.26. The van der Waals surface area contributed by atoms with Crippen LogP contribution in [-0.4, -0.2) is 21.9 Å². The number of nitrogens with one attached hydrogen (secondary N) is 1. The highest BCUT2D eigenvalue weighted by molar-refractivity contribution is 6.13. The molecule has 0 spiro atoms. The summed E-state index contributed by atoms with van der Waals surface area (Å²) in [6, 6.07) is 15.4. The largest absolute Gasteiger partial charge is 0.508 e. The third kappa shape index (κ3) is 2.83. The van der Waals surface area contributed by atoms with Crippen molar-refractivity contribution in [3.8, 4) is 5.75 Å². The molecule has 5 heteroatoms. The first-order valence-corrected chi connectivity index (χ1v) is 6.81. The van der Waals surface area contributed by atoms with Gasteiger partial charge in [0.15, 0.2) is 0 Å². The van der Waals surface area contributed by atoms with Gasteiger partial charge in [-0.3, -0.25) is 15.0 Å². The lowest BCUT2D eigenvalue weighted by molar-refractivity contribution is -0.116. The Balaban J connectivity index is 1.91. The molecular weight excluding hydrogens is 280 g/mol. The Morgan fingerprint density at radius 2 is 1.68 bits per heavy atom. The molecule has 2 aromatic rings. The van der Waals surface area contributed by atoms with Gasteiger partial charge < -0.3 is 5.11 Å². The highest BCUT2D eigenvalue weighted by atomic mass is 16.3. The number of hydrogen-bond acceptors (Lipinski definition) is 3. The van der Waals surface area contributed by atoms with E-state index < -0.39 is 11.9 Å². The molecular formula is C17H14N2O3. The molecule has 3 amide bonds. The van der Waals surface area contributed by atoms with Crippen molar-refractivity contribution >= 4 is 18.0 Å². The van der Waals surface area contributed by atoms with Gasteiger partial charge in [-0.25, -0.2) is 4.79 Å². The van der Waals surface area contributed by atoms with E-state index in [0.29, 0.717) is 12.2 Å². The quantitative estimate of drug-likeness (QED) is 0.675. The molecule has 0 saturated carbocycles. The summed E-state index contributed by atoms with van der Waals surface area (Å²) in [5, 5.41) is 11.6. The fraction of sp³-hybridized carbons (Fsp3) is 0.0588. The lowest BCUT2D eigenvalue weighted by Gasteiger charge is -2.15. The number of phenols is 1. The number of nitrogens with zero attached hydrogens (tertiary/aromatic N) is 1. The van der Waals surface area contributed by atoms with E-state index in [1.54, 1.807) is 18.2 Å². The van der Waals surface area contributed by atoms with Gasteiger partial charge in [-0.05, 0) is 29.3 Å². The van der Waals surface area contributed by atoms with E-state index in [4.69, 9.17) is 0 Å². The topological polar surface area (TPSA) is 69.6 Å². The molecule has 110 valence electrons. The van der Waals surface area contributed by atoms with Crippen LogP contribution in [-0.2, 0) is 11.3 Å². The van der Waals surface area contributed by atoms with Crippen molar-refractivity contribution in [2.24, 2.45) is 0 Å². The molecule has 22 heavy (non-hydrogen) atoms. The van der Waals surface area contributed by atoms with Crippen molar-refractivity contribution in [1.29, 1.82) is 0 Å². The van der Waals surface area contributed by atoms with Crippen molar-refractivity contribution in [2.75, 3.05) is 0 Å². The highest BCUT2D eigenvalue weighted by Gasteiger charge is 2.32. The summed E-state index contributed by atoms with van der Waals surface area (Å²) >= 11 is 0. The maximum absolute atomic E-state index is 12.0. The van der Waals surface area contributed by atoms with Crippen molar-refractivity contribution in [3.63, 3.8) is 0 Å². The zero-order chi connectivity index (χ0) is 15.5. The predicted molar refractivity (Wildman–Crippen MR) is 81.6 cm³/mol. The first kappa shape index (κ1) is 13.9. The van der Waals surface area contributed by atoms with Crippen LogP contribution in [0.3, 0.4) is 0 Å². The van der Waals surface area contributed by atoms with Crippen LogP contribution < -0.4 is 5.32 Å². The minimum atomic E-state index is -0.432. The summed E-state index contributed by atoms with van der Waals surface area (Å²) in [5.41, 5.74) is 1.96. The first-order chi connectivity index (χ1) is 10.6. The second-order valence-corrected chi connectivity index (χ2v) is 4.95. The number of urea groups is 1. The van der Waals surface area contributed by atoms with E-state index in [1.165, 1.54) is 17.0 Å². The number of phenolic OH excluding ortho intramolecular Hbond substituents is 1. The van der Waals surface area contributed by atoms with Crippen LogP contribution in [0.2, 0.25) is 0 Å². The van der Waals surface area contributed by atoms with Gasteiger partial charge in [0.1, 0.15) is 11.4 Å². The van der Waals surface area contributed by atoms with Crippen molar-refractivity contribution in [3.05, 3.63) is 71.4 Å². The number of benzene rings is 2. The molecule has 1 aliphatic heterocycles. The maximum atomic E-state index is 12.0. The zero-order valence-electron chi connectivity index (χ0n) is 11.7. The van der Waals surface area contributed by atoms with Gasteiger partial charge in [0.2, 0.25) is 0 Å². The Morgan fingerprint density at radius 1 is 1.00 bits per heavy atom. The monoisotopic (exact) mass is 294 g/mol. The molecule has 1 saturated heterocycles. The van der Waals surface area contributed by atoms with E-state index in [1.807, 2.05) is 30.3 Å². The first-order valence-electron chi connectivity index (χ1n) is 6.81. The summed E-state index contributed by atoms with van der Waals surface area (Å²) in [7, 11) is 0. The molecule has 1 fully saturated rings. The third-order valence-electron chi connectivity index (χ3n) is 3.37. The molecule has 0 atom stereocenters. The van der Waals surface area contributed by atoms with Gasteiger partial charge >= 0.3 is 6.03 Å². The molecule has 0 radical (unpaired) electrons. The minimum absolute atomic E-state index is 0.148. The summed E-state index contributed by atoms with van der Waals surface area (Å²) in [4.78, 5) is 25.3. The molecule has 0 unspecified atom stereocenters. The van der Waals surface area contributed by atoms with Gasteiger partial charge in [0, 0.05) is 0 Å². The van der Waals surface area contributed by atoms with Crippen molar-refractivity contribution in [2.45, 2.75) is 6.54 Å². The lowest BCUT2D eigenvalue weighted by Crippen LogP contribution is -2.27. The number of aromatic hydroxyl groups is 1. The average molecular weight is 294 g/mol. The Bertz CT molecular complexity index is 736. The summed E-state index contributed by atoms with van der Waals surface area (Å²) < 4.78 is 0. The van der Waals surface area contributed by atoms with Crippen LogP contribution in [0.5, 0.6) is 5.75 Å². The van der Waals surface area contributed by atoms with Crippen molar-refractivity contribution < 1.29 is 14.7 Å². The van der Waals surface area contributed by atoms with Gasteiger partial charge in [-0.1, -0.05) is 42.5 Å². The number of carbonyl (C=O) groups excluding carboxylic acids is 2. The number of amides is 3. The summed E-state index contributed by atoms with van der Waals surface area (Å²) in [6.45, 7) is 0.322. The average Bonchev–Trinajstić information content (AvgIpc) is 2.77. The van der Waals surface area contributed by atoms with E-state index in [0.717, 1.165) is 11.1 Å². The molecule has 0 aromatic heterocycles. The lowest BCUT2D eigenvalue weighted by atomic mass is 10.1. The van der Waals surface area contributed by atoms with Crippen molar-refractivity contribution in [1.82, 2.24) is 10.2 Å². The Hall–Kier alpha value is -3.08. The van der Waals surface area contributed by atoms with Gasteiger partial charge in [0.25, 0.3) is 5.91 Å². The molecule has 2 aromatic carbocycles. The molecule has 5 nitrogen and oxygen atoms in total. The molecule has 1 heterocycles. The van der Waals surface area contributed by atoms with Crippen LogP contribution in [0, 0.1) is 0 Å². The van der Waals surface area contributed by atoms with E-state index in [2.05, 4.69) is 5.32 Å². The number of hydrogen-bond donors (Lipinski definition) is 2. The standard InChI is InChI=1S/C17H14N2O3/c20-14-8-6-12(7-9-14)10-15-16(21)18-17(22)19(15)11-13-4-2-1-3-5-13/h1-10,20H,11H2,(H,18,21,22)/b15-10-. The van der Waals surface area contributed by atoms with Gasteiger partial charge in [0.05, 0.1) is 6.54 Å². The molecule has 0 aliphatic carbocycles. The molecule has 2 N–H and O–H groups in total. The number of carbonyl (C=O) groups is 2. The Labute approximate surface area is 127 Å². The normalized spacial score (nSPS) is 16.2. The van der Waals surface area contributed by atoms with Crippen LogP contribution in [0.15, 0.2) is 60.3 Å². The Kier molecular flexibility index (Phi) is 3.62. The Morgan fingerprint density at radius 3 is 2.36 bits per heavy atom. The second-order valence-electron chi connectivity index (χ2n) is 4.95. The molecule has 0 bridgehead atoms. The fourth-order valence-electron chi connectivity index (χ4n) is 2.26. The predicted octanol–water partition coefficient (Wildman–Crippen LogP) is 2.49. The SMILES string of the molecule is O=C1NC(=O)N(Cc2ccccc2)/C1=C\c1ccc(O)cc1. The summed E-state index contributed by atoms with van der Waals surface area (Å²) in [6.07, 6.45) is 1.63. The third-order valence-corrected chi connectivity index (χ3v) is 3.37. The van der Waals surface area contributed by atoms with Crippen LogP contribution in [0.4, 0.5) is 4.79 Å². The minimum Gasteiger partial charge on any atom is -0.508 e. The summed E-state index contributed by atoms with van der Waals surface area (Å²) in [5.74, 6) is -0.274. The second kappa shape index (κ2) is 5.73. The maximum Gasteiger partial charge on any atom is 0.329 e. The van der Waals surface area contributed by atoms with Gasteiger partial charge in [-0.2, -0.15) is 0 Å². The number of imide groups is 1. The van der Waals surface area contributed by atoms with Crippen LogP contribution in [0.25, 0.3) is 6.08 Å². The van der Waals surface area contributed by atoms with Gasteiger partial charge in [-0.15, -0.1) is 0 Å². The smallest absolute Gasteiger partial charge is 0.329 e. The van der Waals surface area contributed by atoms with Crippen LogP contribution in [0.1, 0.15) is 11.1 Å². The van der Waals surface area contributed by atoms with E-state index >= 15 is 0 Å². The van der Waals surface area contributed by atoms with E-state index in [-0.39, 0.29) is 5.75 Å². The molecule has 1 aliphatic rings. The molecule has 3 rings (SSSR count). The highest BCUT2D eigenvalue weighted by Crippen LogP contribution is 2.20. The van der Waals surface area contributed by atoms with Crippen LogP contribution >= 0.6 is 0 Å². The number of rotatable bonds is 3.